The zero-order valence-electron chi connectivity index (χ0n) is 75.8. The summed E-state index contributed by atoms with van der Waals surface area (Å²) in [6.45, 7) is 54.7. The van der Waals surface area contributed by atoms with Crippen LogP contribution in [-0.4, -0.2) is 148 Å². The Morgan fingerprint density at radius 3 is 1.32 bits per heavy atom. The number of benzene rings is 7. The van der Waals surface area contributed by atoms with Crippen molar-refractivity contribution < 1.29 is 38.6 Å². The van der Waals surface area contributed by atoms with E-state index < -0.39 is 0 Å². The highest BCUT2D eigenvalue weighted by Gasteiger charge is 2.28. The van der Waals surface area contributed by atoms with E-state index in [0.29, 0.717) is 6.42 Å². The van der Waals surface area contributed by atoms with Crippen LogP contribution in [-0.2, 0) is 73.1 Å². The Hall–Kier alpha value is -9.81. The summed E-state index contributed by atoms with van der Waals surface area (Å²) >= 11 is 0. The molecule has 0 radical (unpaired) electrons. The van der Waals surface area contributed by atoms with Gasteiger partial charge in [-0.15, -0.1) is 0 Å². The number of likely N-dealkylation sites (N-methyl/N-ethyl adjacent to an activating group) is 1. The maximum absolute atomic E-state index is 12.0. The SMILES string of the molecule is C.C.CC(=O)N(C)c1ccc(C(C)(C)C)cc1.CC(=O)N1CCN(c2ccc(C(C)(C)C)cc2)CC1.CC(C)(C)c1ccc2c(c1)CCC(=O)N2.CC(C)(C)c1ccc2cn[nH]c2c1.CN(C(=O)CCO)c1ccc(C(C)(C)C)cc1.CN(C)C(=O)C1CCN(c2ccc(C(C)(C)C)cc2)CC1.CNC(=O)COc1cccc(C(C)(C)C)c1. The lowest BCUT2D eigenvalue weighted by molar-refractivity contribution is -0.133. The third-order valence-electron chi connectivity index (χ3n) is 21.1. The average Bonchev–Trinajstić information content (AvgIpc) is 1.80. The van der Waals surface area contributed by atoms with E-state index in [1.54, 1.807) is 49.7 Å². The summed E-state index contributed by atoms with van der Waals surface area (Å²) < 4.78 is 5.38. The van der Waals surface area contributed by atoms with Crippen LogP contribution in [0.4, 0.5) is 28.4 Å². The predicted molar refractivity (Wildman–Crippen MR) is 498 cm³/mol. The molecule has 18 heteroatoms. The minimum Gasteiger partial charge on any atom is -0.484 e. The molecule has 0 unspecified atom stereocenters. The molecule has 648 valence electrons. The third-order valence-corrected chi connectivity index (χ3v) is 21.1. The monoisotopic (exact) mass is 1620 g/mol. The number of piperazine rings is 1. The molecule has 0 atom stereocenters. The van der Waals surface area contributed by atoms with Gasteiger partial charge in [-0.1, -0.05) is 245 Å². The molecule has 7 aromatic carbocycles. The third kappa shape index (κ3) is 32.8. The van der Waals surface area contributed by atoms with Crippen LogP contribution in [0.15, 0.2) is 164 Å². The second-order valence-corrected chi connectivity index (χ2v) is 38.0. The van der Waals surface area contributed by atoms with Crippen LogP contribution in [0.1, 0.15) is 244 Å². The second-order valence-electron chi connectivity index (χ2n) is 38.0. The van der Waals surface area contributed by atoms with E-state index in [2.05, 4.69) is 273 Å². The number of aliphatic hydroxyl groups is 1. The molecule has 4 heterocycles. The number of aliphatic hydroxyl groups excluding tert-OH is 1. The van der Waals surface area contributed by atoms with Gasteiger partial charge in [0.05, 0.1) is 24.7 Å². The molecule has 6 amide bonds. The fourth-order valence-corrected chi connectivity index (χ4v) is 12.9. The number of nitrogens with one attached hydrogen (secondary N) is 3. The highest BCUT2D eigenvalue weighted by molar-refractivity contribution is 5.94. The van der Waals surface area contributed by atoms with E-state index in [1.165, 1.54) is 61.3 Å². The highest BCUT2D eigenvalue weighted by Crippen LogP contribution is 2.34. The molecule has 0 aliphatic carbocycles. The Balaban J connectivity index is 0.000000356. The zero-order valence-corrected chi connectivity index (χ0v) is 75.8. The summed E-state index contributed by atoms with van der Waals surface area (Å²) in [5.41, 5.74) is 18.0. The first-order valence-electron chi connectivity index (χ1n) is 41.1. The quantitative estimate of drug-likeness (QED) is 0.101. The molecule has 0 bridgehead atoms. The number of carbonyl (C=O) groups excluding carboxylic acids is 6. The van der Waals surface area contributed by atoms with Crippen molar-refractivity contribution in [3.05, 3.63) is 208 Å². The largest absolute Gasteiger partial charge is 0.484 e. The van der Waals surface area contributed by atoms with Gasteiger partial charge in [-0.05, 0) is 174 Å². The number of H-pyrrole nitrogens is 1. The van der Waals surface area contributed by atoms with Crippen LogP contribution in [0.25, 0.3) is 10.9 Å². The van der Waals surface area contributed by atoms with Gasteiger partial charge in [0.25, 0.3) is 5.91 Å². The lowest BCUT2D eigenvalue weighted by atomic mass is 9.85. The van der Waals surface area contributed by atoms with Gasteiger partial charge in [0, 0.05) is 135 Å². The molecule has 3 aliphatic rings. The summed E-state index contributed by atoms with van der Waals surface area (Å²) in [5, 5.41) is 22.3. The smallest absolute Gasteiger partial charge is 0.257 e. The van der Waals surface area contributed by atoms with E-state index >= 15 is 0 Å². The summed E-state index contributed by atoms with van der Waals surface area (Å²) in [6, 6.07) is 54.4. The standard InChI is InChI=1S/C18H28N2O.C16H24N2O.C14H21NO2.C13H19NO2.C13H17NO.C13H19NO.C11H14N2.2CH4/c1-18(2,3)15-6-8-16(9-7-15)20-12-10-14(11-13-20)17(21)19(4)5;1-13(19)17-9-11-18(12-10-17)15-7-5-14(6-8-15)16(2,3)4;1-14(2,3)11-5-7-12(8-6-11)15(4)13(17)9-10-16;1-13(2,3)10-6-5-7-11(8-10)16-9-12(15)14-4;1-13(2,3)10-5-6-11-9(8-10)4-7-12(15)14-11;1-10(15)14(5)12-8-6-11(7-9-12)13(2,3)4;1-11(2,3)9-5-4-8-7-12-13-10(8)6-9;;/h6-9,14H,10-13H2,1-5H3;5-8H,9-12H2,1-4H3;5-8,16H,9-10H2,1-4H3;5-8H,9H2,1-4H3,(H,14,15);5-6,8H,4,7H2,1-3H3,(H,14,15);6-9H,1-5H3;4-7H,1-3H3,(H,12,13);2*1H4. The maximum Gasteiger partial charge on any atom is 0.257 e. The Morgan fingerprint density at radius 2 is 0.907 bits per heavy atom. The van der Waals surface area contributed by atoms with E-state index in [9.17, 15) is 28.8 Å². The molecule has 18 nitrogen and oxygen atoms in total. The molecule has 8 aromatic rings. The Bertz CT molecular complexity index is 4420. The number of aryl methyl sites for hydroxylation is 1. The number of fused-ring (bicyclic) bond motifs is 2. The van der Waals surface area contributed by atoms with Gasteiger partial charge < -0.3 is 49.9 Å². The van der Waals surface area contributed by atoms with Gasteiger partial charge >= 0.3 is 0 Å². The van der Waals surface area contributed by atoms with Gasteiger partial charge in [-0.3, -0.25) is 33.9 Å². The number of nitrogens with zero attached hydrogens (tertiary/aromatic N) is 7. The van der Waals surface area contributed by atoms with Crippen molar-refractivity contribution in [2.75, 3.05) is 113 Å². The van der Waals surface area contributed by atoms with Crippen LogP contribution >= 0.6 is 0 Å². The molecular formula is C100H150N10O8. The van der Waals surface area contributed by atoms with E-state index in [0.717, 1.165) is 86.9 Å². The lowest BCUT2D eigenvalue weighted by Gasteiger charge is -2.35. The Kier molecular flexibility index (Phi) is 38.9. The molecule has 0 saturated carbocycles. The minimum atomic E-state index is -0.124. The van der Waals surface area contributed by atoms with Gasteiger partial charge in [-0.25, -0.2) is 0 Å². The van der Waals surface area contributed by atoms with Crippen molar-refractivity contribution in [1.29, 1.82) is 0 Å². The van der Waals surface area contributed by atoms with Crippen molar-refractivity contribution in [2.45, 2.75) is 244 Å². The minimum absolute atomic E-state index is 0. The van der Waals surface area contributed by atoms with Crippen molar-refractivity contribution in [3.8, 4) is 5.75 Å². The second kappa shape index (κ2) is 44.8. The first kappa shape index (κ1) is 102. The van der Waals surface area contributed by atoms with Crippen molar-refractivity contribution >= 4 is 74.8 Å². The number of carbonyl (C=O) groups is 6. The first-order chi connectivity index (χ1) is 53.8. The van der Waals surface area contributed by atoms with Crippen LogP contribution in [0.2, 0.25) is 0 Å². The normalized spacial score (nSPS) is 13.6. The lowest BCUT2D eigenvalue weighted by Crippen LogP contribution is -2.48. The fourth-order valence-electron chi connectivity index (χ4n) is 12.9. The summed E-state index contributed by atoms with van der Waals surface area (Å²) in [4.78, 5) is 79.9. The Morgan fingerprint density at radius 1 is 0.500 bits per heavy atom. The number of anilines is 5. The van der Waals surface area contributed by atoms with E-state index in [-0.39, 0.29) is 114 Å². The number of hydrogen-bond donors (Lipinski definition) is 4. The number of amides is 6. The molecule has 2 fully saturated rings. The molecular weight excluding hydrogens is 1470 g/mol. The van der Waals surface area contributed by atoms with Crippen molar-refractivity contribution in [2.24, 2.45) is 5.92 Å². The van der Waals surface area contributed by atoms with Crippen LogP contribution in [0.3, 0.4) is 0 Å². The Labute approximate surface area is 711 Å². The molecule has 3 aliphatic heterocycles. The van der Waals surface area contributed by atoms with E-state index in [4.69, 9.17) is 9.84 Å². The number of aromatic amines is 1. The molecule has 0 spiro atoms. The summed E-state index contributed by atoms with van der Waals surface area (Å²) in [5.74, 6) is 1.38. The van der Waals surface area contributed by atoms with Gasteiger partial charge in [0.2, 0.25) is 29.5 Å². The van der Waals surface area contributed by atoms with Crippen LogP contribution in [0.5, 0.6) is 5.75 Å². The van der Waals surface area contributed by atoms with Crippen molar-refractivity contribution in [3.63, 3.8) is 0 Å². The topological polar surface area (TPSA) is 204 Å². The average molecular weight is 1620 g/mol. The van der Waals surface area contributed by atoms with Crippen LogP contribution in [0, 0.1) is 5.92 Å². The number of aromatic nitrogens is 2. The molecule has 2 saturated heterocycles. The summed E-state index contributed by atoms with van der Waals surface area (Å²) in [6.07, 6.45) is 5.40. The predicted octanol–water partition coefficient (Wildman–Crippen LogP) is 20.3. The molecule has 11 rings (SSSR count). The molecule has 118 heavy (non-hydrogen) atoms. The van der Waals surface area contributed by atoms with Crippen LogP contribution < -0.4 is 35.0 Å². The molecule has 1 aromatic heterocycles. The van der Waals surface area contributed by atoms with Gasteiger partial charge in [-0.2, -0.15) is 5.10 Å². The number of rotatable bonds is 10. The van der Waals surface area contributed by atoms with Gasteiger partial charge in [0.1, 0.15) is 5.75 Å². The van der Waals surface area contributed by atoms with Gasteiger partial charge in [0.15, 0.2) is 6.61 Å². The summed E-state index contributed by atoms with van der Waals surface area (Å²) in [7, 11) is 8.80. The van der Waals surface area contributed by atoms with E-state index in [1.807, 2.05) is 85.9 Å². The van der Waals surface area contributed by atoms with Crippen molar-refractivity contribution in [1.82, 2.24) is 25.3 Å². The molecule has 4 N–H and O–H groups in total. The fraction of sp³-hybridized carbons (Fsp3) is 0.510. The first-order valence-corrected chi connectivity index (χ1v) is 41.1. The number of hydrogen-bond acceptors (Lipinski definition) is 11. The highest BCUT2D eigenvalue weighted by atomic mass is 16.5. The maximum atomic E-state index is 12.0. The number of piperidine rings is 1. The zero-order chi connectivity index (χ0) is 87.1. The number of ether oxygens (including phenoxy) is 1.